The van der Waals surface area contributed by atoms with Crippen LogP contribution in [0.25, 0.3) is 0 Å². The first-order valence-corrected chi connectivity index (χ1v) is 4.65. The van der Waals surface area contributed by atoms with Gasteiger partial charge in [0.25, 0.3) is 0 Å². The summed E-state index contributed by atoms with van der Waals surface area (Å²) in [6.07, 6.45) is 0.248. The largest absolute Gasteiger partial charge is 0.391 e. The molecule has 0 bridgehead atoms. The van der Waals surface area contributed by atoms with Crippen LogP contribution in [0, 0.1) is 6.92 Å². The first-order valence-electron chi connectivity index (χ1n) is 4.65. The maximum Gasteiger partial charge on any atom is 0.0730 e. The van der Waals surface area contributed by atoms with E-state index in [0.717, 1.165) is 5.56 Å². The van der Waals surface area contributed by atoms with Crippen molar-refractivity contribution in [1.82, 2.24) is 0 Å². The van der Waals surface area contributed by atoms with Gasteiger partial charge in [-0.3, -0.25) is 0 Å². The Morgan fingerprint density at radius 3 is 2.21 bits per heavy atom. The lowest BCUT2D eigenvalue weighted by atomic mass is 10.00. The van der Waals surface area contributed by atoms with Crippen molar-refractivity contribution >= 4 is 12.4 Å². The summed E-state index contributed by atoms with van der Waals surface area (Å²) in [7, 11) is 0. The van der Waals surface area contributed by atoms with Crippen LogP contribution in [-0.2, 0) is 0 Å². The normalized spacial score (nSPS) is 14.3. The fourth-order valence-corrected chi connectivity index (χ4v) is 1.26. The molecule has 0 radical (unpaired) electrons. The lowest BCUT2D eigenvalue weighted by Gasteiger charge is -2.17. The fraction of sp³-hybridized carbons (Fsp3) is 0.455. The van der Waals surface area contributed by atoms with Gasteiger partial charge in [-0.25, -0.2) is 0 Å². The van der Waals surface area contributed by atoms with Crippen molar-refractivity contribution in [1.29, 1.82) is 0 Å². The molecular formula is C11H18ClNO. The average Bonchev–Trinajstić information content (AvgIpc) is 2.17. The molecule has 1 aromatic rings. The lowest BCUT2D eigenvalue weighted by molar-refractivity contribution is 0.140. The molecule has 0 saturated heterocycles. The topological polar surface area (TPSA) is 46.2 Å². The number of rotatable bonds is 3. The van der Waals surface area contributed by atoms with Crippen LogP contribution in [0.15, 0.2) is 24.3 Å². The molecule has 14 heavy (non-hydrogen) atoms. The highest BCUT2D eigenvalue weighted by Crippen LogP contribution is 2.16. The van der Waals surface area contributed by atoms with Crippen LogP contribution in [0.3, 0.4) is 0 Å². The molecule has 0 aromatic heterocycles. The molecule has 3 N–H and O–H groups in total. The van der Waals surface area contributed by atoms with Crippen LogP contribution in [0.4, 0.5) is 0 Å². The molecule has 0 spiro atoms. The second-order valence-electron chi connectivity index (χ2n) is 3.41. The van der Waals surface area contributed by atoms with Crippen molar-refractivity contribution in [3.05, 3.63) is 35.4 Å². The van der Waals surface area contributed by atoms with E-state index in [4.69, 9.17) is 5.73 Å². The first kappa shape index (κ1) is 13.4. The van der Waals surface area contributed by atoms with Crippen molar-refractivity contribution in [2.75, 3.05) is 0 Å². The Bertz CT molecular complexity index is 260. The van der Waals surface area contributed by atoms with Gasteiger partial charge in [-0.1, -0.05) is 36.8 Å². The number of hydrogen-bond donors (Lipinski definition) is 2. The molecule has 2 atom stereocenters. The van der Waals surface area contributed by atoms with Crippen LogP contribution in [-0.4, -0.2) is 11.2 Å². The quantitative estimate of drug-likeness (QED) is 0.812. The van der Waals surface area contributed by atoms with Crippen molar-refractivity contribution in [2.45, 2.75) is 32.4 Å². The van der Waals surface area contributed by atoms with Gasteiger partial charge in [0.2, 0.25) is 0 Å². The van der Waals surface area contributed by atoms with Crippen LogP contribution in [0.2, 0.25) is 0 Å². The van der Waals surface area contributed by atoms with Crippen molar-refractivity contribution < 1.29 is 5.11 Å². The molecule has 80 valence electrons. The van der Waals surface area contributed by atoms with Gasteiger partial charge in [-0.15, -0.1) is 12.4 Å². The fourth-order valence-electron chi connectivity index (χ4n) is 1.26. The number of hydrogen-bond acceptors (Lipinski definition) is 2. The molecule has 1 aromatic carbocycles. The van der Waals surface area contributed by atoms with E-state index < -0.39 is 6.10 Å². The van der Waals surface area contributed by atoms with Crippen molar-refractivity contribution in [3.63, 3.8) is 0 Å². The van der Waals surface area contributed by atoms with Gasteiger partial charge < -0.3 is 10.8 Å². The molecule has 0 aliphatic heterocycles. The standard InChI is InChI=1S/C11H17NO.ClH/c1-3-10(13)11(12)9-6-4-8(2)5-7-9;/h4-7,10-11,13H,3,12H2,1-2H3;1H/t10-,11+;/m1./s1. The number of nitrogens with two attached hydrogens (primary N) is 1. The number of benzene rings is 1. The highest BCUT2D eigenvalue weighted by atomic mass is 35.5. The summed E-state index contributed by atoms with van der Waals surface area (Å²) < 4.78 is 0. The Morgan fingerprint density at radius 2 is 1.79 bits per heavy atom. The van der Waals surface area contributed by atoms with Gasteiger partial charge in [0.05, 0.1) is 12.1 Å². The third-order valence-electron chi connectivity index (χ3n) is 2.30. The smallest absolute Gasteiger partial charge is 0.0730 e. The van der Waals surface area contributed by atoms with Crippen LogP contribution < -0.4 is 5.73 Å². The van der Waals surface area contributed by atoms with E-state index in [1.54, 1.807) is 0 Å². The zero-order valence-electron chi connectivity index (χ0n) is 8.60. The Hall–Kier alpha value is -0.570. The van der Waals surface area contributed by atoms with E-state index >= 15 is 0 Å². The molecule has 1 rings (SSSR count). The van der Waals surface area contributed by atoms with E-state index in [0.29, 0.717) is 6.42 Å². The minimum atomic E-state index is -0.442. The molecule has 2 nitrogen and oxygen atoms in total. The minimum absolute atomic E-state index is 0. The van der Waals surface area contributed by atoms with Crippen molar-refractivity contribution in [3.8, 4) is 0 Å². The maximum atomic E-state index is 9.52. The summed E-state index contributed by atoms with van der Waals surface area (Å²) in [5, 5.41) is 9.52. The summed E-state index contributed by atoms with van der Waals surface area (Å²) in [6.45, 7) is 3.96. The van der Waals surface area contributed by atoms with E-state index in [-0.39, 0.29) is 18.4 Å². The molecule has 3 heteroatoms. The van der Waals surface area contributed by atoms with Gasteiger partial charge in [0, 0.05) is 0 Å². The highest BCUT2D eigenvalue weighted by molar-refractivity contribution is 5.85. The summed E-state index contributed by atoms with van der Waals surface area (Å²) in [5.41, 5.74) is 8.06. The molecule has 0 aliphatic carbocycles. The Labute approximate surface area is 91.5 Å². The summed E-state index contributed by atoms with van der Waals surface area (Å²) in [4.78, 5) is 0. The van der Waals surface area contributed by atoms with Crippen LogP contribution in [0.1, 0.15) is 30.5 Å². The molecule has 0 heterocycles. The second-order valence-corrected chi connectivity index (χ2v) is 3.41. The monoisotopic (exact) mass is 215 g/mol. The summed E-state index contributed by atoms with van der Waals surface area (Å²) in [6, 6.07) is 7.71. The molecular weight excluding hydrogens is 198 g/mol. The Balaban J connectivity index is 0.00000169. The number of halogens is 1. The molecule has 0 unspecified atom stereocenters. The minimum Gasteiger partial charge on any atom is -0.391 e. The SMILES string of the molecule is CC[C@@H](O)[C@@H](N)c1ccc(C)cc1.Cl. The highest BCUT2D eigenvalue weighted by Gasteiger charge is 2.13. The van der Waals surface area contributed by atoms with E-state index in [1.165, 1.54) is 5.56 Å². The second kappa shape index (κ2) is 6.02. The van der Waals surface area contributed by atoms with Gasteiger partial charge in [0.15, 0.2) is 0 Å². The molecule has 0 fully saturated rings. The molecule has 0 amide bonds. The Kier molecular flexibility index (Phi) is 5.77. The zero-order chi connectivity index (χ0) is 9.84. The number of aliphatic hydroxyl groups is 1. The van der Waals surface area contributed by atoms with Gasteiger partial charge in [0.1, 0.15) is 0 Å². The zero-order valence-corrected chi connectivity index (χ0v) is 9.42. The van der Waals surface area contributed by atoms with Crippen LogP contribution in [0.5, 0.6) is 0 Å². The summed E-state index contributed by atoms with van der Waals surface area (Å²) in [5.74, 6) is 0. The van der Waals surface area contributed by atoms with E-state index in [2.05, 4.69) is 0 Å². The summed E-state index contributed by atoms with van der Waals surface area (Å²) >= 11 is 0. The van der Waals surface area contributed by atoms with Gasteiger partial charge >= 0.3 is 0 Å². The first-order chi connectivity index (χ1) is 6.15. The predicted molar refractivity (Wildman–Crippen MR) is 61.7 cm³/mol. The van der Waals surface area contributed by atoms with Gasteiger partial charge in [-0.05, 0) is 18.9 Å². The lowest BCUT2D eigenvalue weighted by Crippen LogP contribution is -2.25. The molecule has 0 saturated carbocycles. The number of aliphatic hydroxyl groups excluding tert-OH is 1. The van der Waals surface area contributed by atoms with Crippen LogP contribution >= 0.6 is 12.4 Å². The van der Waals surface area contributed by atoms with Crippen molar-refractivity contribution in [2.24, 2.45) is 5.73 Å². The Morgan fingerprint density at radius 1 is 1.29 bits per heavy atom. The molecule has 0 aliphatic rings. The third kappa shape index (κ3) is 3.29. The van der Waals surface area contributed by atoms with Gasteiger partial charge in [-0.2, -0.15) is 0 Å². The van der Waals surface area contributed by atoms with E-state index in [1.807, 2.05) is 38.1 Å². The van der Waals surface area contributed by atoms with E-state index in [9.17, 15) is 5.11 Å². The number of aryl methyl sites for hydroxylation is 1. The predicted octanol–water partition coefficient (Wildman–Crippen LogP) is 2.19. The average molecular weight is 216 g/mol. The third-order valence-corrected chi connectivity index (χ3v) is 2.30. The maximum absolute atomic E-state index is 9.52.